The summed E-state index contributed by atoms with van der Waals surface area (Å²) in [5.74, 6) is 0. The molecule has 3 heterocycles. The van der Waals surface area contributed by atoms with Crippen molar-refractivity contribution in [3.05, 3.63) is 23.5 Å². The number of fused-ring (bicyclic) bond motifs is 1. The molecule has 2 aromatic heterocycles. The van der Waals surface area contributed by atoms with E-state index in [1.807, 2.05) is 18.5 Å². The average molecular weight is 435 g/mol. The van der Waals surface area contributed by atoms with Gasteiger partial charge in [-0.15, -0.1) is 0 Å². The molecule has 0 saturated carbocycles. The topological polar surface area (TPSA) is 39.4 Å². The molecule has 1 aliphatic rings. The van der Waals surface area contributed by atoms with Gasteiger partial charge in [-0.05, 0) is 39.4 Å². The van der Waals surface area contributed by atoms with Crippen LogP contribution in [-0.4, -0.2) is 78.4 Å². The van der Waals surface area contributed by atoms with Crippen LogP contribution in [0.15, 0.2) is 17.1 Å². The van der Waals surface area contributed by atoms with Gasteiger partial charge in [0, 0.05) is 56.9 Å². The first-order chi connectivity index (χ1) is 14.3. The predicted octanol–water partition coefficient (Wildman–Crippen LogP) is 3.86. The number of aromatic nitrogens is 2. The van der Waals surface area contributed by atoms with Crippen LogP contribution in [0.3, 0.4) is 0 Å². The molecule has 1 unspecified atom stereocenters. The van der Waals surface area contributed by atoms with Crippen molar-refractivity contribution in [3.63, 3.8) is 0 Å². The van der Waals surface area contributed by atoms with Gasteiger partial charge in [-0.25, -0.2) is 8.91 Å². The Morgan fingerprint density at radius 1 is 1.27 bits per heavy atom. The van der Waals surface area contributed by atoms with Crippen LogP contribution in [0.2, 0.25) is 0 Å². The molecule has 0 amide bonds. The second kappa shape index (κ2) is 9.56. The van der Waals surface area contributed by atoms with Gasteiger partial charge in [0.2, 0.25) is 0 Å². The summed E-state index contributed by atoms with van der Waals surface area (Å²) >= 11 is 1.47. The van der Waals surface area contributed by atoms with E-state index >= 15 is 0 Å². The lowest BCUT2D eigenvalue weighted by Gasteiger charge is -2.34. The molecule has 166 valence electrons. The number of pyridine rings is 1. The highest BCUT2D eigenvalue weighted by Gasteiger charge is 2.24. The molecule has 0 spiro atoms. The normalized spacial score (nSPS) is 18.1. The molecular weight excluding hydrogens is 399 g/mol. The second-order valence-electron chi connectivity index (χ2n) is 8.16. The van der Waals surface area contributed by atoms with Gasteiger partial charge < -0.3 is 14.7 Å². The molecule has 0 aliphatic carbocycles. The van der Waals surface area contributed by atoms with E-state index in [9.17, 15) is 4.39 Å². The lowest BCUT2D eigenvalue weighted by atomic mass is 10.2. The van der Waals surface area contributed by atoms with E-state index in [1.54, 1.807) is 14.0 Å². The maximum absolute atomic E-state index is 13.8. The third-order valence-corrected chi connectivity index (χ3v) is 7.31. The van der Waals surface area contributed by atoms with Gasteiger partial charge >= 0.3 is 0 Å². The van der Waals surface area contributed by atoms with Crippen molar-refractivity contribution in [2.45, 2.75) is 45.5 Å². The summed E-state index contributed by atoms with van der Waals surface area (Å²) in [5, 5.41) is 5.53. The van der Waals surface area contributed by atoms with E-state index < -0.39 is 6.17 Å². The van der Waals surface area contributed by atoms with Crippen molar-refractivity contribution in [3.8, 4) is 0 Å². The summed E-state index contributed by atoms with van der Waals surface area (Å²) in [6, 6.07) is 4.47. The summed E-state index contributed by atoms with van der Waals surface area (Å²) < 4.78 is 15.8. The Balaban J connectivity index is 2.04. The lowest BCUT2D eigenvalue weighted by Crippen LogP contribution is -2.44. The van der Waals surface area contributed by atoms with Gasteiger partial charge in [0.25, 0.3) is 0 Å². The number of aryl methyl sites for hydroxylation is 2. The van der Waals surface area contributed by atoms with Crippen molar-refractivity contribution in [2.75, 3.05) is 57.1 Å². The fourth-order valence-electron chi connectivity index (χ4n) is 3.81. The average Bonchev–Trinajstić information content (AvgIpc) is 3.10. The Hall–Kier alpha value is -1.80. The summed E-state index contributed by atoms with van der Waals surface area (Å²) in [7, 11) is 5.96. The van der Waals surface area contributed by atoms with Crippen molar-refractivity contribution in [2.24, 2.45) is 4.99 Å². The zero-order valence-electron chi connectivity index (χ0n) is 19.3. The maximum atomic E-state index is 13.8. The molecule has 1 fully saturated rings. The van der Waals surface area contributed by atoms with E-state index in [1.165, 1.54) is 17.4 Å². The Morgan fingerprint density at radius 2 is 1.93 bits per heavy atom. The minimum atomic E-state index is -0.902. The summed E-state index contributed by atoms with van der Waals surface area (Å²) in [6.45, 7) is 11.9. The number of anilines is 2. The number of hydrogen-bond donors (Lipinski definition) is 0. The number of alkyl halides is 1. The van der Waals surface area contributed by atoms with Gasteiger partial charge in [-0.1, -0.05) is 25.6 Å². The number of amidine groups is 1. The molecule has 3 rings (SSSR count). The molecule has 0 N–H and O–H groups in total. The molecule has 30 heavy (non-hydrogen) atoms. The number of rotatable bonds is 5. The van der Waals surface area contributed by atoms with Crippen LogP contribution in [0, 0.1) is 6.92 Å². The van der Waals surface area contributed by atoms with Crippen LogP contribution >= 0.6 is 11.8 Å². The van der Waals surface area contributed by atoms with Gasteiger partial charge in [-0.3, -0.25) is 4.99 Å². The van der Waals surface area contributed by atoms with Crippen LogP contribution in [0.1, 0.15) is 32.2 Å². The molecule has 8 heteroatoms. The first kappa shape index (κ1) is 22.9. The predicted molar refractivity (Wildman–Crippen MR) is 128 cm³/mol. The Morgan fingerprint density at radius 3 is 2.50 bits per heavy atom. The van der Waals surface area contributed by atoms with Gasteiger partial charge in [-0.2, -0.15) is 5.10 Å². The van der Waals surface area contributed by atoms with E-state index in [0.717, 1.165) is 60.4 Å². The third-order valence-electron chi connectivity index (χ3n) is 5.90. The Labute approximate surface area is 184 Å². The van der Waals surface area contributed by atoms with E-state index in [4.69, 9.17) is 5.10 Å². The minimum absolute atomic E-state index is 0.166. The number of piperazine rings is 1. The minimum Gasteiger partial charge on any atom is -0.369 e. The zero-order chi connectivity index (χ0) is 22.0. The summed E-state index contributed by atoms with van der Waals surface area (Å²) in [4.78, 5) is 11.4. The molecular formula is C22H35FN6S. The van der Waals surface area contributed by atoms with Crippen LogP contribution < -0.4 is 9.80 Å². The number of hydrogen-bond acceptors (Lipinski definition) is 5. The highest BCUT2D eigenvalue weighted by Crippen LogP contribution is 2.33. The molecule has 6 nitrogen and oxygen atoms in total. The molecule has 0 aromatic carbocycles. The number of aliphatic imine (C=N–C) groups is 1. The van der Waals surface area contributed by atoms with Crippen molar-refractivity contribution in [1.82, 2.24) is 14.5 Å². The zero-order valence-corrected chi connectivity index (χ0v) is 20.1. The van der Waals surface area contributed by atoms with Crippen LogP contribution in [-0.2, 0) is 6.42 Å². The first-order valence-electron chi connectivity index (χ1n) is 10.7. The fourth-order valence-corrected chi connectivity index (χ4v) is 4.69. The number of nitrogens with zero attached hydrogens (tertiary/aromatic N) is 6. The van der Waals surface area contributed by atoms with Gasteiger partial charge in [0.1, 0.15) is 6.17 Å². The summed E-state index contributed by atoms with van der Waals surface area (Å²) in [5.41, 5.74) is 5.51. The van der Waals surface area contributed by atoms with Crippen molar-refractivity contribution >= 4 is 33.8 Å². The molecule has 0 bridgehead atoms. The SMILES string of the molecule is CCc1nn2c(C)cc(N3CCN(C)CC3)cc2c1N(C)C(=NC)SC(C)[C@@H](C)F. The van der Waals surface area contributed by atoms with Crippen molar-refractivity contribution in [1.29, 1.82) is 0 Å². The van der Waals surface area contributed by atoms with Gasteiger partial charge in [0.05, 0.1) is 16.9 Å². The second-order valence-corrected chi connectivity index (χ2v) is 9.50. The summed E-state index contributed by atoms with van der Waals surface area (Å²) in [6.07, 6.45) is -0.0813. The van der Waals surface area contributed by atoms with E-state index in [2.05, 4.69) is 52.7 Å². The molecule has 2 atom stereocenters. The largest absolute Gasteiger partial charge is 0.369 e. The smallest absolute Gasteiger partial charge is 0.163 e. The first-order valence-corrected chi connectivity index (χ1v) is 11.6. The molecule has 0 radical (unpaired) electrons. The molecule has 1 saturated heterocycles. The van der Waals surface area contributed by atoms with Crippen molar-refractivity contribution < 1.29 is 4.39 Å². The molecule has 1 aliphatic heterocycles. The highest BCUT2D eigenvalue weighted by molar-refractivity contribution is 8.14. The van der Waals surface area contributed by atoms with Crippen LogP contribution in [0.5, 0.6) is 0 Å². The lowest BCUT2D eigenvalue weighted by molar-refractivity contribution is 0.313. The third kappa shape index (κ3) is 4.59. The monoisotopic (exact) mass is 434 g/mol. The number of thioether (sulfide) groups is 1. The number of likely N-dealkylation sites (N-methyl/N-ethyl adjacent to an activating group) is 1. The maximum Gasteiger partial charge on any atom is 0.163 e. The Kier molecular flexibility index (Phi) is 7.29. The quantitative estimate of drug-likeness (QED) is 0.528. The fraction of sp³-hybridized carbons (Fsp3) is 0.636. The molecule has 2 aromatic rings. The van der Waals surface area contributed by atoms with E-state index in [-0.39, 0.29) is 5.25 Å². The standard InChI is InChI=1S/C22H35FN6S/c1-8-19-21(27(7)22(24-5)30-17(4)16(3)23)20-14-18(13-15(2)29(20)25-19)28-11-9-26(6)10-12-28/h13-14,16-17H,8-12H2,1-7H3/t16-,17?/m1/s1. The number of halogens is 1. The van der Waals surface area contributed by atoms with Gasteiger partial charge in [0.15, 0.2) is 5.17 Å². The van der Waals surface area contributed by atoms with Crippen LogP contribution in [0.4, 0.5) is 15.8 Å². The highest BCUT2D eigenvalue weighted by atomic mass is 32.2. The Bertz CT molecular complexity index is 901. The van der Waals surface area contributed by atoms with E-state index in [0.29, 0.717) is 0 Å². The van der Waals surface area contributed by atoms with Crippen LogP contribution in [0.25, 0.3) is 5.52 Å².